The van der Waals surface area contributed by atoms with E-state index in [1.807, 2.05) is 0 Å². The van der Waals surface area contributed by atoms with Crippen LogP contribution < -0.4 is 7.16 Å². The van der Waals surface area contributed by atoms with Gasteiger partial charge in [0, 0.05) is 0 Å². The molecule has 0 saturated heterocycles. The van der Waals surface area contributed by atoms with Gasteiger partial charge in [0.25, 0.3) is 0 Å². The second kappa shape index (κ2) is 11.1. The van der Waals surface area contributed by atoms with Crippen LogP contribution in [0, 0.1) is 11.8 Å². The molecule has 2 saturated carbocycles. The van der Waals surface area contributed by atoms with Crippen LogP contribution in [0.1, 0.15) is 64.2 Å². The molecule has 2 fully saturated rings. The summed E-state index contributed by atoms with van der Waals surface area (Å²) in [6.45, 7) is 0. The van der Waals surface area contributed by atoms with E-state index in [4.69, 9.17) is 0 Å². The number of rotatable bonds is 3. The van der Waals surface area contributed by atoms with Crippen LogP contribution in [0.5, 0.6) is 0 Å². The summed E-state index contributed by atoms with van der Waals surface area (Å²) in [5.74, 6) is 2.28. The van der Waals surface area contributed by atoms with E-state index >= 15 is 0 Å². The van der Waals surface area contributed by atoms with Gasteiger partial charge in [-0.15, -0.1) is 0 Å². The fourth-order valence-electron chi connectivity index (χ4n) is 4.42. The molecule has 2 radical (unpaired) electrons. The molecule has 0 bridgehead atoms. The Balaban J connectivity index is 0.000000146. The Morgan fingerprint density at radius 1 is 0.480 bits per heavy atom. The van der Waals surface area contributed by atoms with E-state index in [2.05, 4.69) is 60.7 Å². The van der Waals surface area contributed by atoms with Gasteiger partial charge >= 0.3 is 89.0 Å². The average molecular weight is 439 g/mol. The summed E-state index contributed by atoms with van der Waals surface area (Å²) in [6, 6.07) is 21.6. The fraction of sp³-hybridized carbons (Fsp3) is 0.500. The van der Waals surface area contributed by atoms with E-state index in [0.29, 0.717) is 0 Å². The molecule has 2 aromatic carbocycles. The molecule has 0 spiro atoms. The van der Waals surface area contributed by atoms with E-state index in [0.717, 1.165) is 11.8 Å². The van der Waals surface area contributed by atoms with E-state index in [1.54, 1.807) is 25.7 Å². The standard InChI is InChI=1S/C12H22.2C6H5.Sn/c1-3-7-11(8-4-1)12-9-5-2-6-10-12;2*1-2-4-6-5-3-1;/h11-12H,1-10H2;2*1-5H;. The summed E-state index contributed by atoms with van der Waals surface area (Å²) < 4.78 is 3.08. The molecule has 0 aliphatic heterocycles. The molecule has 132 valence electrons. The van der Waals surface area contributed by atoms with Crippen LogP contribution >= 0.6 is 0 Å². The summed E-state index contributed by atoms with van der Waals surface area (Å²) >= 11 is -0.517. The first-order chi connectivity index (χ1) is 12.4. The first-order valence-corrected chi connectivity index (χ1v) is 13.1. The molecular weight excluding hydrogens is 407 g/mol. The molecule has 25 heavy (non-hydrogen) atoms. The van der Waals surface area contributed by atoms with Crippen molar-refractivity contribution in [3.63, 3.8) is 0 Å². The number of benzene rings is 2. The Morgan fingerprint density at radius 3 is 1.20 bits per heavy atom. The van der Waals surface area contributed by atoms with Crippen LogP contribution in [0.2, 0.25) is 0 Å². The van der Waals surface area contributed by atoms with Gasteiger partial charge in [-0.2, -0.15) is 0 Å². The summed E-state index contributed by atoms with van der Waals surface area (Å²) in [5, 5.41) is 0. The maximum absolute atomic E-state index is 2.24. The zero-order chi connectivity index (χ0) is 17.2. The normalized spacial score (nSPS) is 19.0. The van der Waals surface area contributed by atoms with Gasteiger partial charge in [-0.25, -0.2) is 0 Å². The molecular formula is C24H32Sn. The van der Waals surface area contributed by atoms with Crippen LogP contribution in [-0.2, 0) is 0 Å². The van der Waals surface area contributed by atoms with E-state index < -0.39 is 21.1 Å². The summed E-state index contributed by atoms with van der Waals surface area (Å²) in [6.07, 6.45) is 15.4. The quantitative estimate of drug-likeness (QED) is 0.556. The number of hydrogen-bond donors (Lipinski definition) is 0. The van der Waals surface area contributed by atoms with Crippen molar-refractivity contribution in [2.45, 2.75) is 64.2 Å². The zero-order valence-corrected chi connectivity index (χ0v) is 18.4. The van der Waals surface area contributed by atoms with Gasteiger partial charge in [0.2, 0.25) is 0 Å². The van der Waals surface area contributed by atoms with Crippen molar-refractivity contribution >= 4 is 28.3 Å². The first-order valence-electron chi connectivity index (χ1n) is 10.3. The van der Waals surface area contributed by atoms with Crippen LogP contribution in [0.25, 0.3) is 0 Å². The molecule has 4 rings (SSSR count). The third-order valence-electron chi connectivity index (χ3n) is 5.80. The Hall–Kier alpha value is -0.761. The van der Waals surface area contributed by atoms with Crippen molar-refractivity contribution in [1.82, 2.24) is 0 Å². The van der Waals surface area contributed by atoms with Gasteiger partial charge in [0.15, 0.2) is 0 Å². The molecule has 0 unspecified atom stereocenters. The second-order valence-corrected chi connectivity index (χ2v) is 11.7. The van der Waals surface area contributed by atoms with Crippen LogP contribution in [0.3, 0.4) is 0 Å². The molecule has 0 aromatic heterocycles. The van der Waals surface area contributed by atoms with Crippen LogP contribution in [0.15, 0.2) is 60.7 Å². The van der Waals surface area contributed by atoms with Crippen LogP contribution in [-0.4, -0.2) is 21.1 Å². The molecule has 0 atom stereocenters. The Morgan fingerprint density at radius 2 is 0.840 bits per heavy atom. The van der Waals surface area contributed by atoms with Gasteiger partial charge in [-0.3, -0.25) is 0 Å². The maximum atomic E-state index is 2.24. The van der Waals surface area contributed by atoms with E-state index in [1.165, 1.54) is 45.7 Å². The van der Waals surface area contributed by atoms with Crippen molar-refractivity contribution in [2.24, 2.45) is 11.8 Å². The van der Waals surface area contributed by atoms with E-state index in [-0.39, 0.29) is 0 Å². The SMILES string of the molecule is C1CCC(C2CCCCC2)CC1.c1cc[c]([Sn][c]2ccccc2)cc1. The molecule has 0 amide bonds. The minimum absolute atomic E-state index is 0.517. The first kappa shape index (κ1) is 19.0. The molecule has 2 aliphatic carbocycles. The van der Waals surface area contributed by atoms with E-state index in [9.17, 15) is 0 Å². The summed E-state index contributed by atoms with van der Waals surface area (Å²) in [4.78, 5) is 0. The molecule has 2 aliphatic rings. The monoisotopic (exact) mass is 440 g/mol. The molecule has 2 aromatic rings. The Labute approximate surface area is 164 Å². The van der Waals surface area contributed by atoms with Gasteiger partial charge in [0.1, 0.15) is 0 Å². The Bertz CT molecular complexity index is 512. The van der Waals surface area contributed by atoms with Crippen LogP contribution in [0.4, 0.5) is 0 Å². The van der Waals surface area contributed by atoms with Gasteiger partial charge < -0.3 is 0 Å². The van der Waals surface area contributed by atoms with Crippen molar-refractivity contribution in [3.8, 4) is 0 Å². The Kier molecular flexibility index (Phi) is 8.41. The summed E-state index contributed by atoms with van der Waals surface area (Å²) in [5.41, 5.74) is 0. The molecule has 0 heterocycles. The topological polar surface area (TPSA) is 0 Å². The third kappa shape index (κ3) is 6.81. The average Bonchev–Trinajstić information content (AvgIpc) is 2.71. The second-order valence-electron chi connectivity index (χ2n) is 7.65. The zero-order valence-electron chi connectivity index (χ0n) is 15.5. The third-order valence-corrected chi connectivity index (χ3v) is 9.35. The van der Waals surface area contributed by atoms with Gasteiger partial charge in [-0.05, 0) is 11.8 Å². The minimum atomic E-state index is -0.517. The molecule has 0 N–H and O–H groups in total. The molecule has 1 heteroatoms. The predicted octanol–water partition coefficient (Wildman–Crippen LogP) is 5.49. The predicted molar refractivity (Wildman–Crippen MR) is 111 cm³/mol. The van der Waals surface area contributed by atoms with Gasteiger partial charge in [-0.1, -0.05) is 64.2 Å². The van der Waals surface area contributed by atoms with Crippen molar-refractivity contribution < 1.29 is 0 Å². The molecule has 0 nitrogen and oxygen atoms in total. The summed E-state index contributed by atoms with van der Waals surface area (Å²) in [7, 11) is 0. The number of hydrogen-bond acceptors (Lipinski definition) is 0. The van der Waals surface area contributed by atoms with Crippen molar-refractivity contribution in [3.05, 3.63) is 60.7 Å². The van der Waals surface area contributed by atoms with Crippen molar-refractivity contribution in [2.75, 3.05) is 0 Å². The van der Waals surface area contributed by atoms with Crippen molar-refractivity contribution in [1.29, 1.82) is 0 Å². The fourth-order valence-corrected chi connectivity index (χ4v) is 7.42. The van der Waals surface area contributed by atoms with Gasteiger partial charge in [0.05, 0.1) is 0 Å².